The van der Waals surface area contributed by atoms with Crippen LogP contribution in [0.2, 0.25) is 0 Å². The summed E-state index contributed by atoms with van der Waals surface area (Å²) in [6.45, 7) is 0.724. The van der Waals surface area contributed by atoms with E-state index >= 15 is 0 Å². The average molecular weight is 413 g/mol. The summed E-state index contributed by atoms with van der Waals surface area (Å²) >= 11 is 0. The van der Waals surface area contributed by atoms with Gasteiger partial charge in [0.2, 0.25) is 0 Å². The van der Waals surface area contributed by atoms with E-state index in [-0.39, 0.29) is 30.5 Å². The third-order valence-corrected chi connectivity index (χ3v) is 3.76. The first-order valence-electron chi connectivity index (χ1n) is 8.11. The highest BCUT2D eigenvalue weighted by Crippen LogP contribution is 2.28. The minimum atomic E-state index is -0.757. The minimum absolute atomic E-state index is 0. The number of nitrogens with zero attached hydrogens (tertiary/aromatic N) is 2. The summed E-state index contributed by atoms with van der Waals surface area (Å²) in [5.74, 6) is 0.520. The first kappa shape index (κ1) is 23.0. The molecule has 0 aliphatic heterocycles. The Morgan fingerprint density at radius 1 is 1.11 bits per heavy atom. The predicted octanol–water partition coefficient (Wildman–Crippen LogP) is 4.15. The Hall–Kier alpha value is -3.00. The van der Waals surface area contributed by atoms with E-state index in [4.69, 9.17) is 14.2 Å². The number of benzene rings is 2. The molecule has 0 amide bonds. The molecule has 0 aliphatic rings. The molecule has 7 nitrogen and oxygen atoms in total. The number of methoxy groups -OCH3 is 2. The molecular formula is C19H22ClFN2O5. The standard InChI is InChI=1S/C19H21FN2O5.ClH/c1-21(9-8-14-4-6-18(25-2)19(12-14)26-3)10-11-27-17-7-5-15(22(23)24)13-16(17)20;/h4-9,12-13H,10-11H2,1-3H3;1H. The van der Waals surface area contributed by atoms with Gasteiger partial charge in [0.05, 0.1) is 31.8 Å². The second-order valence-electron chi connectivity index (χ2n) is 5.63. The molecule has 0 unspecified atom stereocenters. The van der Waals surface area contributed by atoms with E-state index in [2.05, 4.69) is 0 Å². The molecule has 0 fully saturated rings. The SMILES string of the molecule is COc1ccc(C=CN(C)CCOc2ccc([N+](=O)[O-])cc2F)cc1OC.Cl. The molecule has 2 rings (SSSR count). The van der Waals surface area contributed by atoms with Gasteiger partial charge in [-0.2, -0.15) is 0 Å². The molecule has 0 aromatic heterocycles. The Morgan fingerprint density at radius 3 is 2.39 bits per heavy atom. The van der Waals surface area contributed by atoms with Crippen molar-refractivity contribution in [2.75, 3.05) is 34.4 Å². The second kappa shape index (κ2) is 11.0. The van der Waals surface area contributed by atoms with Crippen LogP contribution in [0.1, 0.15) is 5.56 Å². The second-order valence-corrected chi connectivity index (χ2v) is 5.63. The third kappa shape index (κ3) is 6.31. The maximum Gasteiger partial charge on any atom is 0.272 e. The number of halogens is 2. The zero-order valence-electron chi connectivity index (χ0n) is 15.8. The van der Waals surface area contributed by atoms with Crippen LogP contribution in [-0.2, 0) is 0 Å². The van der Waals surface area contributed by atoms with E-state index in [1.807, 2.05) is 42.4 Å². The van der Waals surface area contributed by atoms with Crippen molar-refractivity contribution in [3.63, 3.8) is 0 Å². The first-order chi connectivity index (χ1) is 12.9. The summed E-state index contributed by atoms with van der Waals surface area (Å²) < 4.78 is 29.6. The van der Waals surface area contributed by atoms with Gasteiger partial charge in [-0.25, -0.2) is 4.39 Å². The molecule has 0 heterocycles. The lowest BCUT2D eigenvalue weighted by Gasteiger charge is -2.15. The number of likely N-dealkylation sites (N-methyl/N-ethyl adjacent to an activating group) is 1. The summed E-state index contributed by atoms with van der Waals surface area (Å²) in [7, 11) is 5.01. The van der Waals surface area contributed by atoms with Gasteiger partial charge in [-0.15, -0.1) is 12.4 Å². The number of hydrogen-bond donors (Lipinski definition) is 0. The van der Waals surface area contributed by atoms with Gasteiger partial charge < -0.3 is 19.1 Å². The maximum absolute atomic E-state index is 13.8. The summed E-state index contributed by atoms with van der Waals surface area (Å²) in [5, 5.41) is 10.6. The van der Waals surface area contributed by atoms with E-state index in [1.54, 1.807) is 14.2 Å². The van der Waals surface area contributed by atoms with E-state index in [9.17, 15) is 14.5 Å². The molecule has 0 bridgehead atoms. The van der Waals surface area contributed by atoms with E-state index in [1.165, 1.54) is 12.1 Å². The van der Waals surface area contributed by atoms with Gasteiger partial charge in [0.15, 0.2) is 23.1 Å². The Labute approximate surface area is 168 Å². The maximum atomic E-state index is 13.8. The average Bonchev–Trinajstić information content (AvgIpc) is 2.67. The lowest BCUT2D eigenvalue weighted by molar-refractivity contribution is -0.385. The van der Waals surface area contributed by atoms with Crippen LogP contribution in [0.5, 0.6) is 17.2 Å². The molecule has 28 heavy (non-hydrogen) atoms. The number of nitro groups is 1. The molecule has 2 aromatic rings. The van der Waals surface area contributed by atoms with Crippen LogP contribution in [0.4, 0.5) is 10.1 Å². The zero-order valence-corrected chi connectivity index (χ0v) is 16.6. The lowest BCUT2D eigenvalue weighted by atomic mass is 10.2. The van der Waals surface area contributed by atoms with E-state index in [0.29, 0.717) is 18.0 Å². The smallest absolute Gasteiger partial charge is 0.272 e. The fraction of sp³-hybridized carbons (Fsp3) is 0.263. The van der Waals surface area contributed by atoms with Crippen LogP contribution in [0.25, 0.3) is 6.08 Å². The largest absolute Gasteiger partial charge is 0.493 e. The van der Waals surface area contributed by atoms with Crippen LogP contribution < -0.4 is 14.2 Å². The Kier molecular flexibility index (Phi) is 9.04. The molecule has 2 aromatic carbocycles. The summed E-state index contributed by atoms with van der Waals surface area (Å²) in [6, 6.07) is 8.88. The van der Waals surface area contributed by atoms with Crippen LogP contribution in [0, 0.1) is 15.9 Å². The van der Waals surface area contributed by atoms with Crippen LogP contribution in [-0.4, -0.2) is 44.2 Å². The number of nitro benzene ring substituents is 1. The molecule has 0 spiro atoms. The molecule has 152 valence electrons. The molecule has 0 radical (unpaired) electrons. The van der Waals surface area contributed by atoms with Crippen molar-refractivity contribution in [3.05, 3.63) is 64.1 Å². The number of non-ortho nitro benzene ring substituents is 1. The van der Waals surface area contributed by atoms with Crippen LogP contribution in [0.3, 0.4) is 0 Å². The molecule has 0 N–H and O–H groups in total. The van der Waals surface area contributed by atoms with Gasteiger partial charge in [0, 0.05) is 13.1 Å². The van der Waals surface area contributed by atoms with Crippen LogP contribution >= 0.6 is 12.4 Å². The normalized spacial score (nSPS) is 10.3. The Bertz CT molecular complexity index is 832. The molecule has 0 atom stereocenters. The highest BCUT2D eigenvalue weighted by atomic mass is 35.5. The van der Waals surface area contributed by atoms with Gasteiger partial charge in [-0.3, -0.25) is 10.1 Å². The van der Waals surface area contributed by atoms with Crippen molar-refractivity contribution in [2.45, 2.75) is 0 Å². The lowest BCUT2D eigenvalue weighted by Crippen LogP contribution is -2.19. The van der Waals surface area contributed by atoms with Crippen molar-refractivity contribution in [3.8, 4) is 17.2 Å². The molecule has 0 aliphatic carbocycles. The van der Waals surface area contributed by atoms with E-state index < -0.39 is 10.7 Å². The molecule has 0 saturated carbocycles. The number of ether oxygens (including phenoxy) is 3. The summed E-state index contributed by atoms with van der Waals surface area (Å²) in [4.78, 5) is 11.8. The first-order valence-corrected chi connectivity index (χ1v) is 8.11. The van der Waals surface area contributed by atoms with Gasteiger partial charge in [0.1, 0.15) is 6.61 Å². The Balaban J connectivity index is 0.00000392. The third-order valence-electron chi connectivity index (χ3n) is 3.76. The van der Waals surface area contributed by atoms with Crippen molar-refractivity contribution in [1.29, 1.82) is 0 Å². The molecular weight excluding hydrogens is 391 g/mol. The Morgan fingerprint density at radius 2 is 1.79 bits per heavy atom. The summed E-state index contributed by atoms with van der Waals surface area (Å²) in [5.41, 5.74) is 0.622. The quantitative estimate of drug-likeness (QED) is 0.455. The highest BCUT2D eigenvalue weighted by Gasteiger charge is 2.11. The zero-order chi connectivity index (χ0) is 19.8. The van der Waals surface area contributed by atoms with Gasteiger partial charge >= 0.3 is 0 Å². The van der Waals surface area contributed by atoms with Gasteiger partial charge in [-0.1, -0.05) is 6.07 Å². The number of hydrogen-bond acceptors (Lipinski definition) is 6. The van der Waals surface area contributed by atoms with Crippen molar-refractivity contribution in [2.24, 2.45) is 0 Å². The highest BCUT2D eigenvalue weighted by molar-refractivity contribution is 5.85. The van der Waals surface area contributed by atoms with Gasteiger partial charge in [0.25, 0.3) is 5.69 Å². The topological polar surface area (TPSA) is 74.1 Å². The fourth-order valence-corrected chi connectivity index (χ4v) is 2.26. The van der Waals surface area contributed by atoms with Crippen molar-refractivity contribution in [1.82, 2.24) is 4.90 Å². The van der Waals surface area contributed by atoms with Crippen molar-refractivity contribution >= 4 is 24.2 Å². The van der Waals surface area contributed by atoms with Crippen molar-refractivity contribution < 1.29 is 23.5 Å². The molecule has 9 heteroatoms. The molecule has 0 saturated heterocycles. The van der Waals surface area contributed by atoms with Gasteiger partial charge in [-0.05, 0) is 36.0 Å². The minimum Gasteiger partial charge on any atom is -0.493 e. The predicted molar refractivity (Wildman–Crippen MR) is 107 cm³/mol. The van der Waals surface area contributed by atoms with E-state index in [0.717, 1.165) is 11.6 Å². The summed E-state index contributed by atoms with van der Waals surface area (Å²) in [6.07, 6.45) is 3.76. The fourth-order valence-electron chi connectivity index (χ4n) is 2.26. The number of rotatable bonds is 9. The van der Waals surface area contributed by atoms with Crippen LogP contribution in [0.15, 0.2) is 42.6 Å². The monoisotopic (exact) mass is 412 g/mol.